The summed E-state index contributed by atoms with van der Waals surface area (Å²) in [6, 6.07) is 0. The third-order valence-corrected chi connectivity index (χ3v) is 7.37. The Hall–Kier alpha value is -1.07. The lowest BCUT2D eigenvalue weighted by molar-refractivity contribution is -0.0496. The van der Waals surface area contributed by atoms with E-state index in [0.29, 0.717) is 29.7 Å². The van der Waals surface area contributed by atoms with Gasteiger partial charge in [-0.05, 0) is 71.0 Å². The number of hydrogen-bond donors (Lipinski definition) is 2. The summed E-state index contributed by atoms with van der Waals surface area (Å²) in [7, 11) is -3.07. The number of likely N-dealkylation sites (tertiary alicyclic amines) is 1. The molecule has 0 unspecified atom stereocenters. The molecule has 2 heterocycles. The van der Waals surface area contributed by atoms with Crippen molar-refractivity contribution in [1.82, 2.24) is 19.8 Å². The van der Waals surface area contributed by atoms with Crippen molar-refractivity contribution >= 4 is 16.0 Å². The average molecular weight is 442 g/mol. The number of guanidine groups is 1. The number of nitrogens with one attached hydrogen (secondary N) is 2. The average Bonchev–Trinajstić information content (AvgIpc) is 2.67. The lowest BCUT2D eigenvalue weighted by Crippen LogP contribution is -2.45. The standard InChI is InChI=1S/C18H34F3N5O2S/c1-3-22-17(23-9-4-15-5-10-25(2)11-6-15)24-14-16-7-12-26(13-8-16)29(27,28)18(19,20)21/h15-16H,3-14H2,1-2H3,(H2,22,23,24). The highest BCUT2D eigenvalue weighted by Crippen LogP contribution is 2.30. The number of halogens is 3. The maximum absolute atomic E-state index is 12.7. The molecule has 0 bridgehead atoms. The summed E-state index contributed by atoms with van der Waals surface area (Å²) in [4.78, 5) is 6.91. The fourth-order valence-corrected chi connectivity index (χ4v) is 4.77. The van der Waals surface area contributed by atoms with Crippen molar-refractivity contribution < 1.29 is 21.6 Å². The summed E-state index contributed by atoms with van der Waals surface area (Å²) >= 11 is 0. The zero-order valence-corrected chi connectivity index (χ0v) is 18.2. The Kier molecular flexibility index (Phi) is 9.02. The Balaban J connectivity index is 1.76. The number of sulfonamides is 1. The number of rotatable bonds is 7. The SMILES string of the molecule is CCNC(=NCC1CCN(S(=O)(=O)C(F)(F)F)CC1)NCCC1CCN(C)CC1. The Labute approximate surface area is 172 Å². The molecular formula is C18H34F3N5O2S. The van der Waals surface area contributed by atoms with E-state index in [1.54, 1.807) is 0 Å². The summed E-state index contributed by atoms with van der Waals surface area (Å²) in [6.07, 6.45) is 4.28. The number of nitrogens with zero attached hydrogens (tertiary/aromatic N) is 3. The second kappa shape index (κ2) is 10.8. The van der Waals surface area contributed by atoms with Crippen LogP contribution in [0.4, 0.5) is 13.2 Å². The van der Waals surface area contributed by atoms with Gasteiger partial charge in [0, 0.05) is 32.7 Å². The van der Waals surface area contributed by atoms with Crippen LogP contribution in [0.3, 0.4) is 0 Å². The van der Waals surface area contributed by atoms with Gasteiger partial charge < -0.3 is 15.5 Å². The van der Waals surface area contributed by atoms with Gasteiger partial charge in [0.25, 0.3) is 0 Å². The molecule has 29 heavy (non-hydrogen) atoms. The van der Waals surface area contributed by atoms with Crippen LogP contribution in [0.1, 0.15) is 39.0 Å². The van der Waals surface area contributed by atoms with Crippen molar-refractivity contribution in [2.24, 2.45) is 16.8 Å². The van der Waals surface area contributed by atoms with Gasteiger partial charge in [-0.15, -0.1) is 0 Å². The molecule has 7 nitrogen and oxygen atoms in total. The second-order valence-corrected chi connectivity index (χ2v) is 9.90. The molecule has 2 rings (SSSR count). The highest BCUT2D eigenvalue weighted by molar-refractivity contribution is 7.90. The van der Waals surface area contributed by atoms with Gasteiger partial charge in [0.2, 0.25) is 0 Å². The molecule has 2 N–H and O–H groups in total. The highest BCUT2D eigenvalue weighted by Gasteiger charge is 2.50. The fraction of sp³-hybridized carbons (Fsp3) is 0.944. The second-order valence-electron chi connectivity index (χ2n) is 7.97. The first-order valence-electron chi connectivity index (χ1n) is 10.4. The number of hydrogen-bond acceptors (Lipinski definition) is 4. The van der Waals surface area contributed by atoms with E-state index in [-0.39, 0.29) is 19.0 Å². The van der Waals surface area contributed by atoms with Gasteiger partial charge in [-0.2, -0.15) is 17.5 Å². The van der Waals surface area contributed by atoms with Crippen molar-refractivity contribution in [3.05, 3.63) is 0 Å². The summed E-state index contributed by atoms with van der Waals surface area (Å²) in [5, 5.41) is 6.54. The largest absolute Gasteiger partial charge is 0.511 e. The van der Waals surface area contributed by atoms with E-state index in [0.717, 1.165) is 38.5 Å². The smallest absolute Gasteiger partial charge is 0.357 e. The fourth-order valence-electron chi connectivity index (χ4n) is 3.79. The molecule has 0 amide bonds. The molecule has 0 saturated carbocycles. The van der Waals surface area contributed by atoms with Crippen LogP contribution in [-0.2, 0) is 10.0 Å². The van der Waals surface area contributed by atoms with Crippen molar-refractivity contribution in [2.75, 3.05) is 52.9 Å². The van der Waals surface area contributed by atoms with Crippen LogP contribution in [0.25, 0.3) is 0 Å². The number of alkyl halides is 3. The van der Waals surface area contributed by atoms with Crippen LogP contribution >= 0.6 is 0 Å². The summed E-state index contributed by atoms with van der Waals surface area (Å²) < 4.78 is 61.5. The van der Waals surface area contributed by atoms with Gasteiger partial charge in [-0.25, -0.2) is 8.42 Å². The number of piperidine rings is 2. The number of aliphatic imine (C=N–C) groups is 1. The third-order valence-electron chi connectivity index (χ3n) is 5.74. The van der Waals surface area contributed by atoms with E-state index in [1.165, 1.54) is 12.8 Å². The molecule has 0 aromatic carbocycles. The van der Waals surface area contributed by atoms with Gasteiger partial charge in [0.15, 0.2) is 5.96 Å². The van der Waals surface area contributed by atoms with E-state index in [4.69, 9.17) is 0 Å². The van der Waals surface area contributed by atoms with Crippen LogP contribution in [0, 0.1) is 11.8 Å². The Bertz CT molecular complexity index is 626. The molecule has 0 aromatic rings. The zero-order chi connectivity index (χ0) is 21.5. The van der Waals surface area contributed by atoms with Crippen LogP contribution in [-0.4, -0.2) is 82.0 Å². The maximum atomic E-state index is 12.7. The monoisotopic (exact) mass is 441 g/mol. The first-order valence-corrected chi connectivity index (χ1v) is 11.8. The minimum absolute atomic E-state index is 0.0824. The lowest BCUT2D eigenvalue weighted by Gasteiger charge is -2.31. The molecule has 2 fully saturated rings. The molecule has 2 aliphatic heterocycles. The third kappa shape index (κ3) is 7.29. The van der Waals surface area contributed by atoms with E-state index >= 15 is 0 Å². The molecule has 11 heteroatoms. The molecule has 2 saturated heterocycles. The van der Waals surface area contributed by atoms with Crippen molar-refractivity contribution in [2.45, 2.75) is 44.5 Å². The summed E-state index contributed by atoms with van der Waals surface area (Å²) in [5.41, 5.74) is -5.23. The van der Waals surface area contributed by atoms with Gasteiger partial charge in [-0.3, -0.25) is 4.99 Å². The molecule has 2 aliphatic rings. The minimum atomic E-state index is -5.23. The van der Waals surface area contributed by atoms with Crippen molar-refractivity contribution in [1.29, 1.82) is 0 Å². The van der Waals surface area contributed by atoms with Crippen LogP contribution in [0.15, 0.2) is 4.99 Å². The molecule has 0 atom stereocenters. The molecule has 0 aromatic heterocycles. The first kappa shape index (κ1) is 24.2. The zero-order valence-electron chi connectivity index (χ0n) is 17.3. The first-order chi connectivity index (χ1) is 13.6. The molecule has 0 aliphatic carbocycles. The molecule has 0 radical (unpaired) electrons. The van der Waals surface area contributed by atoms with Crippen LogP contribution < -0.4 is 10.6 Å². The normalized spacial score (nSPS) is 22.0. The minimum Gasteiger partial charge on any atom is -0.357 e. The van der Waals surface area contributed by atoms with E-state index in [2.05, 4.69) is 27.6 Å². The van der Waals surface area contributed by atoms with Crippen molar-refractivity contribution in [3.8, 4) is 0 Å². The predicted octanol–water partition coefficient (Wildman–Crippen LogP) is 1.84. The summed E-state index contributed by atoms with van der Waals surface area (Å²) in [5.74, 6) is 1.52. The predicted molar refractivity (Wildman–Crippen MR) is 108 cm³/mol. The van der Waals surface area contributed by atoms with Crippen LogP contribution in [0.5, 0.6) is 0 Å². The van der Waals surface area contributed by atoms with Crippen LogP contribution in [0.2, 0.25) is 0 Å². The quantitative estimate of drug-likeness (QED) is 0.466. The topological polar surface area (TPSA) is 77.0 Å². The lowest BCUT2D eigenvalue weighted by atomic mass is 9.94. The molecular weight excluding hydrogens is 407 g/mol. The van der Waals surface area contributed by atoms with E-state index in [1.807, 2.05) is 6.92 Å². The Morgan fingerprint density at radius 2 is 1.62 bits per heavy atom. The van der Waals surface area contributed by atoms with E-state index < -0.39 is 15.5 Å². The molecule has 170 valence electrons. The van der Waals surface area contributed by atoms with Gasteiger partial charge >= 0.3 is 15.5 Å². The van der Waals surface area contributed by atoms with E-state index in [9.17, 15) is 21.6 Å². The highest BCUT2D eigenvalue weighted by atomic mass is 32.2. The Morgan fingerprint density at radius 1 is 1.03 bits per heavy atom. The molecule has 0 spiro atoms. The van der Waals surface area contributed by atoms with Gasteiger partial charge in [-0.1, -0.05) is 0 Å². The van der Waals surface area contributed by atoms with Crippen molar-refractivity contribution in [3.63, 3.8) is 0 Å². The Morgan fingerprint density at radius 3 is 2.17 bits per heavy atom. The summed E-state index contributed by atoms with van der Waals surface area (Å²) in [6.45, 7) is 6.08. The van der Waals surface area contributed by atoms with Gasteiger partial charge in [0.05, 0.1) is 0 Å². The maximum Gasteiger partial charge on any atom is 0.511 e. The van der Waals surface area contributed by atoms with Gasteiger partial charge in [0.1, 0.15) is 0 Å².